The van der Waals surface area contributed by atoms with Crippen molar-refractivity contribution >= 4 is 27.6 Å². The molecule has 1 heterocycles. The van der Waals surface area contributed by atoms with E-state index in [1.54, 1.807) is 0 Å². The molecule has 1 aliphatic heterocycles. The molecule has 0 saturated carbocycles. The van der Waals surface area contributed by atoms with Crippen molar-refractivity contribution in [3.63, 3.8) is 0 Å². The number of benzene rings is 1. The number of imide groups is 1. The number of hydrogen-bond acceptors (Lipinski definition) is 6. The van der Waals surface area contributed by atoms with Crippen LogP contribution in [0.1, 0.15) is 31.7 Å². The first kappa shape index (κ1) is 15.1. The number of carbonyl (C=O) groups is 3. The van der Waals surface area contributed by atoms with E-state index in [-0.39, 0.29) is 16.7 Å². The van der Waals surface area contributed by atoms with Crippen LogP contribution in [0, 0.1) is 0 Å². The van der Waals surface area contributed by atoms with Crippen LogP contribution in [0.15, 0.2) is 18.2 Å². The van der Waals surface area contributed by atoms with Crippen molar-refractivity contribution in [2.24, 2.45) is 5.73 Å². The number of hydrogen-bond donors (Lipinski definition) is 2. The first-order valence-corrected chi connectivity index (χ1v) is 7.74. The second-order valence-electron chi connectivity index (χ2n) is 4.65. The third-order valence-corrected chi connectivity index (χ3v) is 4.27. The van der Waals surface area contributed by atoms with Gasteiger partial charge >= 0.3 is 5.97 Å². The van der Waals surface area contributed by atoms with Crippen LogP contribution < -0.4 is 5.73 Å². The maximum absolute atomic E-state index is 12.0. The van der Waals surface area contributed by atoms with Crippen LogP contribution in [0.4, 0.5) is 0 Å². The van der Waals surface area contributed by atoms with E-state index >= 15 is 0 Å². The van der Waals surface area contributed by atoms with Gasteiger partial charge in [-0.15, -0.1) is 0 Å². The molecular formula is C12H12N2O6S. The van der Waals surface area contributed by atoms with Gasteiger partial charge in [0.1, 0.15) is 11.9 Å². The third-order valence-electron chi connectivity index (χ3n) is 3.08. The fraction of sp³-hybridized carbons (Fsp3) is 0.250. The summed E-state index contributed by atoms with van der Waals surface area (Å²) in [5.41, 5.74) is 5.72. The number of rotatable bonds is 4. The molecule has 0 radical (unpaired) electrons. The predicted octanol–water partition coefficient (Wildman–Crippen LogP) is -0.631. The summed E-state index contributed by atoms with van der Waals surface area (Å²) in [6.07, 6.45) is 0.953. The van der Waals surface area contributed by atoms with Crippen LogP contribution in [0.2, 0.25) is 0 Å². The number of nitrogens with two attached hydrogens (primary N) is 1. The molecule has 0 spiro atoms. The monoisotopic (exact) mass is 312 g/mol. The Kier molecular flexibility index (Phi) is 3.56. The fourth-order valence-electron chi connectivity index (χ4n) is 2.01. The van der Waals surface area contributed by atoms with Gasteiger partial charge in [-0.25, -0.2) is 8.42 Å². The van der Waals surface area contributed by atoms with E-state index in [1.807, 2.05) is 0 Å². The lowest BCUT2D eigenvalue weighted by molar-refractivity contribution is -0.137. The minimum atomic E-state index is -3.56. The molecule has 0 fully saturated rings. The van der Waals surface area contributed by atoms with Crippen molar-refractivity contribution in [3.05, 3.63) is 34.9 Å². The van der Waals surface area contributed by atoms with Crippen LogP contribution in [-0.2, 0) is 14.6 Å². The molecule has 0 bridgehead atoms. The second-order valence-corrected chi connectivity index (χ2v) is 6.81. The Balaban J connectivity index is 2.45. The van der Waals surface area contributed by atoms with E-state index in [1.165, 1.54) is 18.2 Å². The van der Waals surface area contributed by atoms with Gasteiger partial charge < -0.3 is 10.8 Å². The van der Waals surface area contributed by atoms with Gasteiger partial charge in [-0.05, 0) is 17.7 Å². The van der Waals surface area contributed by atoms with Gasteiger partial charge in [-0.2, -0.15) is 0 Å². The summed E-state index contributed by atoms with van der Waals surface area (Å²) in [6, 6.07) is 3.82. The summed E-state index contributed by atoms with van der Waals surface area (Å²) in [4.78, 5) is 35.2. The number of nitrogens with zero attached hydrogens (tertiary/aromatic N) is 1. The molecule has 0 saturated heterocycles. The molecule has 8 nitrogen and oxygen atoms in total. The van der Waals surface area contributed by atoms with E-state index in [2.05, 4.69) is 0 Å². The average Bonchev–Trinajstić information content (AvgIpc) is 2.61. The highest BCUT2D eigenvalue weighted by atomic mass is 32.2. The Morgan fingerprint density at radius 1 is 1.29 bits per heavy atom. The number of carboxylic acid groups (broad SMARTS) is 1. The summed E-state index contributed by atoms with van der Waals surface area (Å²) in [5, 5.41) is 7.37. The molecule has 3 N–H and O–H groups in total. The number of sulfone groups is 1. The fourth-order valence-corrected chi connectivity index (χ4v) is 2.65. The number of amides is 2. The number of aliphatic carboxylic acids is 1. The summed E-state index contributed by atoms with van der Waals surface area (Å²) in [6.45, 7) is -0.750. The summed E-state index contributed by atoms with van der Waals surface area (Å²) < 4.78 is 22.8. The molecule has 112 valence electrons. The van der Waals surface area contributed by atoms with E-state index < -0.39 is 39.5 Å². The first-order valence-electron chi connectivity index (χ1n) is 5.79. The van der Waals surface area contributed by atoms with Gasteiger partial charge in [-0.3, -0.25) is 19.3 Å². The molecule has 2 rings (SSSR count). The molecule has 2 amide bonds. The SMILES string of the molecule is CS(=O)(=O)C(N)c1ccc2c(c1)C(=O)N(CC(=O)O)C2=O. The molecular weight excluding hydrogens is 300 g/mol. The Labute approximate surface area is 120 Å². The topological polar surface area (TPSA) is 135 Å². The number of carbonyl (C=O) groups excluding carboxylic acids is 2. The van der Waals surface area contributed by atoms with Crippen molar-refractivity contribution in [1.29, 1.82) is 0 Å². The lowest BCUT2D eigenvalue weighted by Crippen LogP contribution is -2.34. The largest absolute Gasteiger partial charge is 0.480 e. The number of fused-ring (bicyclic) bond motifs is 1. The third kappa shape index (κ3) is 2.65. The van der Waals surface area contributed by atoms with Crippen molar-refractivity contribution in [3.8, 4) is 0 Å². The van der Waals surface area contributed by atoms with Gasteiger partial charge in [0.15, 0.2) is 9.84 Å². The van der Waals surface area contributed by atoms with E-state index in [9.17, 15) is 22.8 Å². The molecule has 1 unspecified atom stereocenters. The molecule has 0 aromatic heterocycles. The molecule has 21 heavy (non-hydrogen) atoms. The zero-order valence-corrected chi connectivity index (χ0v) is 11.8. The van der Waals surface area contributed by atoms with Gasteiger partial charge in [0, 0.05) is 6.26 Å². The van der Waals surface area contributed by atoms with Gasteiger partial charge in [0.05, 0.1) is 11.1 Å². The Bertz CT molecular complexity index is 755. The van der Waals surface area contributed by atoms with Gasteiger partial charge in [0.2, 0.25) is 0 Å². The molecule has 0 aliphatic carbocycles. The Hall–Kier alpha value is -2.26. The quantitative estimate of drug-likeness (QED) is 0.706. The van der Waals surface area contributed by atoms with E-state index in [0.717, 1.165) is 6.26 Å². The lowest BCUT2D eigenvalue weighted by atomic mass is 10.1. The second kappa shape index (κ2) is 4.93. The Morgan fingerprint density at radius 3 is 2.38 bits per heavy atom. The van der Waals surface area contributed by atoms with Crippen LogP contribution in [0.5, 0.6) is 0 Å². The van der Waals surface area contributed by atoms with E-state index in [0.29, 0.717) is 4.90 Å². The van der Waals surface area contributed by atoms with Crippen LogP contribution in [-0.4, -0.2) is 49.0 Å². The zero-order valence-electron chi connectivity index (χ0n) is 10.9. The molecule has 1 aromatic rings. The Morgan fingerprint density at radius 2 is 1.86 bits per heavy atom. The van der Waals surface area contributed by atoms with Crippen molar-refractivity contribution in [2.45, 2.75) is 5.37 Å². The minimum absolute atomic E-state index is 0.0331. The smallest absolute Gasteiger partial charge is 0.323 e. The van der Waals surface area contributed by atoms with Crippen molar-refractivity contribution in [2.75, 3.05) is 12.8 Å². The molecule has 1 atom stereocenters. The van der Waals surface area contributed by atoms with Crippen molar-refractivity contribution < 1.29 is 27.9 Å². The average molecular weight is 312 g/mol. The zero-order chi connectivity index (χ0) is 15.9. The standard InChI is InChI=1S/C12H12N2O6S/c1-21(19,20)10(13)6-2-3-7-8(4-6)12(18)14(11(7)17)5-9(15)16/h2-4,10H,5,13H2,1H3,(H,15,16). The summed E-state index contributed by atoms with van der Waals surface area (Å²) in [5.74, 6) is -2.82. The van der Waals surface area contributed by atoms with E-state index in [4.69, 9.17) is 10.8 Å². The molecule has 1 aromatic carbocycles. The van der Waals surface area contributed by atoms with Crippen LogP contribution >= 0.6 is 0 Å². The summed E-state index contributed by atoms with van der Waals surface area (Å²) in [7, 11) is -3.56. The number of carboxylic acids is 1. The highest BCUT2D eigenvalue weighted by Gasteiger charge is 2.37. The van der Waals surface area contributed by atoms with Crippen LogP contribution in [0.25, 0.3) is 0 Å². The summed E-state index contributed by atoms with van der Waals surface area (Å²) >= 11 is 0. The maximum atomic E-state index is 12.0. The van der Waals surface area contributed by atoms with Gasteiger partial charge in [0.25, 0.3) is 11.8 Å². The lowest BCUT2D eigenvalue weighted by Gasteiger charge is -2.10. The molecule has 1 aliphatic rings. The predicted molar refractivity (Wildman–Crippen MR) is 71.2 cm³/mol. The normalized spacial score (nSPS) is 16.0. The maximum Gasteiger partial charge on any atom is 0.323 e. The first-order chi connectivity index (χ1) is 9.62. The van der Waals surface area contributed by atoms with Crippen LogP contribution in [0.3, 0.4) is 0 Å². The van der Waals surface area contributed by atoms with Gasteiger partial charge in [-0.1, -0.05) is 6.07 Å². The van der Waals surface area contributed by atoms with Crippen molar-refractivity contribution in [1.82, 2.24) is 4.90 Å². The molecule has 9 heteroatoms. The highest BCUT2D eigenvalue weighted by molar-refractivity contribution is 7.90. The minimum Gasteiger partial charge on any atom is -0.480 e. The highest BCUT2D eigenvalue weighted by Crippen LogP contribution is 2.26.